The van der Waals surface area contributed by atoms with E-state index >= 15 is 0 Å². The van der Waals surface area contributed by atoms with Crippen LogP contribution < -0.4 is 5.46 Å². The van der Waals surface area contributed by atoms with E-state index in [0.717, 1.165) is 12.2 Å². The summed E-state index contributed by atoms with van der Waals surface area (Å²) in [5, 5.41) is 18.2. The summed E-state index contributed by atoms with van der Waals surface area (Å²) in [6.07, 6.45) is 0. The maximum absolute atomic E-state index is 9.12. The minimum Gasteiger partial charge on any atom is -0.423 e. The molecule has 1 rings (SSSR count). The van der Waals surface area contributed by atoms with Crippen molar-refractivity contribution in [2.24, 2.45) is 5.92 Å². The maximum Gasteiger partial charge on any atom is 0.488 e. The van der Waals surface area contributed by atoms with Crippen LogP contribution in [0.5, 0.6) is 0 Å². The van der Waals surface area contributed by atoms with E-state index in [-0.39, 0.29) is 0 Å². The van der Waals surface area contributed by atoms with Gasteiger partial charge < -0.3 is 19.2 Å². The smallest absolute Gasteiger partial charge is 0.423 e. The van der Waals surface area contributed by atoms with Crippen LogP contribution in [0.25, 0.3) is 0 Å². The second kappa shape index (κ2) is 10.6. The normalized spacial score (nSPS) is 13.7. The van der Waals surface area contributed by atoms with E-state index in [1.807, 2.05) is 12.1 Å². The van der Waals surface area contributed by atoms with Crippen LogP contribution in [0.1, 0.15) is 54.0 Å². The van der Waals surface area contributed by atoms with E-state index < -0.39 is 15.4 Å². The van der Waals surface area contributed by atoms with Crippen LogP contribution in [0.3, 0.4) is 0 Å². The Morgan fingerprint density at radius 1 is 0.846 bits per heavy atom. The molecule has 0 saturated heterocycles. The predicted octanol–water partition coefficient (Wildman–Crippen LogP) is 3.71. The Bertz CT molecular complexity index is 495. The molecule has 0 aliphatic rings. The first kappa shape index (κ1) is 23.4. The van der Waals surface area contributed by atoms with Crippen LogP contribution in [-0.4, -0.2) is 38.7 Å². The standard InChI is InChI=1S/C20H37BO4Si/c1-15(2)26(16(3)4,17(5)6)25-13-18(7)12-24-14-19-8-10-20(11-9-19)21(22)23/h8-11,15-18,22-23H,12-14H2,1-7H3/t18-/m1/s1. The zero-order valence-corrected chi connectivity index (χ0v) is 18.5. The van der Waals surface area contributed by atoms with Gasteiger partial charge in [-0.3, -0.25) is 0 Å². The van der Waals surface area contributed by atoms with Crippen molar-refractivity contribution >= 4 is 20.9 Å². The van der Waals surface area contributed by atoms with Crippen molar-refractivity contribution in [2.75, 3.05) is 13.2 Å². The quantitative estimate of drug-likeness (QED) is 0.575. The van der Waals surface area contributed by atoms with Crippen LogP contribution in [0.2, 0.25) is 16.6 Å². The van der Waals surface area contributed by atoms with E-state index in [1.54, 1.807) is 12.1 Å². The molecule has 148 valence electrons. The zero-order valence-electron chi connectivity index (χ0n) is 17.5. The predicted molar refractivity (Wildman–Crippen MR) is 112 cm³/mol. The average molecular weight is 380 g/mol. The molecule has 4 nitrogen and oxygen atoms in total. The molecule has 6 heteroatoms. The Morgan fingerprint density at radius 3 is 1.77 bits per heavy atom. The monoisotopic (exact) mass is 380 g/mol. The summed E-state index contributed by atoms with van der Waals surface area (Å²) < 4.78 is 12.5. The highest BCUT2D eigenvalue weighted by molar-refractivity contribution is 6.77. The largest absolute Gasteiger partial charge is 0.488 e. The first-order valence-electron chi connectivity index (χ1n) is 9.77. The maximum atomic E-state index is 9.12. The summed E-state index contributed by atoms with van der Waals surface area (Å²) >= 11 is 0. The van der Waals surface area contributed by atoms with Gasteiger partial charge in [0, 0.05) is 12.5 Å². The summed E-state index contributed by atoms with van der Waals surface area (Å²) in [6.45, 7) is 17.9. The summed E-state index contributed by atoms with van der Waals surface area (Å²) in [5.41, 5.74) is 3.30. The van der Waals surface area contributed by atoms with Gasteiger partial charge in [0.15, 0.2) is 8.32 Å². The second-order valence-corrected chi connectivity index (χ2v) is 13.8. The highest BCUT2D eigenvalue weighted by atomic mass is 28.4. The van der Waals surface area contributed by atoms with E-state index in [0.29, 0.717) is 41.2 Å². The second-order valence-electron chi connectivity index (χ2n) is 8.36. The van der Waals surface area contributed by atoms with Crippen molar-refractivity contribution in [1.29, 1.82) is 0 Å². The molecule has 0 aliphatic heterocycles. The third-order valence-electron chi connectivity index (χ3n) is 5.27. The molecule has 0 fully saturated rings. The van der Waals surface area contributed by atoms with Crippen molar-refractivity contribution in [3.05, 3.63) is 29.8 Å². The van der Waals surface area contributed by atoms with Crippen LogP contribution >= 0.6 is 0 Å². The summed E-state index contributed by atoms with van der Waals surface area (Å²) in [4.78, 5) is 0. The van der Waals surface area contributed by atoms with Crippen LogP contribution in [0.15, 0.2) is 24.3 Å². The van der Waals surface area contributed by atoms with E-state index in [9.17, 15) is 0 Å². The Labute approximate surface area is 161 Å². The van der Waals surface area contributed by atoms with Gasteiger partial charge in [-0.15, -0.1) is 0 Å². The molecule has 26 heavy (non-hydrogen) atoms. The molecule has 0 unspecified atom stereocenters. The van der Waals surface area contributed by atoms with E-state index in [2.05, 4.69) is 48.5 Å². The summed E-state index contributed by atoms with van der Waals surface area (Å²) in [7, 11) is -3.24. The van der Waals surface area contributed by atoms with Crippen molar-refractivity contribution < 1.29 is 19.2 Å². The van der Waals surface area contributed by atoms with Crippen molar-refractivity contribution in [2.45, 2.75) is 71.7 Å². The van der Waals surface area contributed by atoms with Crippen molar-refractivity contribution in [1.82, 2.24) is 0 Å². The topological polar surface area (TPSA) is 58.9 Å². The van der Waals surface area contributed by atoms with Crippen molar-refractivity contribution in [3.63, 3.8) is 0 Å². The molecule has 0 aliphatic carbocycles. The van der Waals surface area contributed by atoms with Crippen LogP contribution in [0, 0.1) is 5.92 Å². The molecule has 0 amide bonds. The third-order valence-corrected chi connectivity index (χ3v) is 11.4. The van der Waals surface area contributed by atoms with E-state index in [4.69, 9.17) is 19.2 Å². The first-order chi connectivity index (χ1) is 12.1. The molecule has 0 heterocycles. The average Bonchev–Trinajstić information content (AvgIpc) is 2.54. The number of ether oxygens (including phenoxy) is 1. The SMILES string of the molecule is CC(C)[Si](OC[C@H](C)COCc1ccc(B(O)O)cc1)(C(C)C)C(C)C. The van der Waals surface area contributed by atoms with Gasteiger partial charge in [0.1, 0.15) is 0 Å². The van der Waals surface area contributed by atoms with E-state index in [1.165, 1.54) is 0 Å². The third kappa shape index (κ3) is 6.20. The molecule has 0 saturated carbocycles. The van der Waals surface area contributed by atoms with Gasteiger partial charge in [-0.25, -0.2) is 0 Å². The minimum absolute atomic E-state index is 0.344. The fraction of sp³-hybridized carbons (Fsp3) is 0.700. The molecular formula is C20H37BO4Si. The lowest BCUT2D eigenvalue weighted by Crippen LogP contribution is -2.48. The first-order valence-corrected chi connectivity index (χ1v) is 11.9. The highest BCUT2D eigenvalue weighted by Crippen LogP contribution is 2.42. The molecular weight excluding hydrogens is 343 g/mol. The zero-order chi connectivity index (χ0) is 19.9. The lowest BCUT2D eigenvalue weighted by atomic mass is 9.80. The fourth-order valence-corrected chi connectivity index (χ4v) is 9.57. The van der Waals surface area contributed by atoms with Gasteiger partial charge in [0.2, 0.25) is 0 Å². The number of hydrogen-bond acceptors (Lipinski definition) is 4. The molecule has 0 spiro atoms. The van der Waals surface area contributed by atoms with Gasteiger partial charge >= 0.3 is 7.12 Å². The molecule has 0 radical (unpaired) electrons. The van der Waals surface area contributed by atoms with Crippen LogP contribution in [-0.2, 0) is 15.8 Å². The van der Waals surface area contributed by atoms with Gasteiger partial charge in [0.05, 0.1) is 13.2 Å². The lowest BCUT2D eigenvalue weighted by molar-refractivity contribution is 0.0707. The Hall–Kier alpha value is -0.658. The van der Waals surface area contributed by atoms with Gasteiger partial charge in [-0.05, 0) is 27.6 Å². The Balaban J connectivity index is 2.49. The summed E-state index contributed by atoms with van der Waals surface area (Å²) in [6, 6.07) is 7.15. The van der Waals surface area contributed by atoms with Gasteiger partial charge in [0.25, 0.3) is 0 Å². The number of benzene rings is 1. The molecule has 1 aromatic rings. The molecule has 2 N–H and O–H groups in total. The number of hydrogen-bond donors (Lipinski definition) is 2. The minimum atomic E-state index is -1.81. The Kier molecular flexibility index (Phi) is 9.55. The van der Waals surface area contributed by atoms with Gasteiger partial charge in [-0.2, -0.15) is 0 Å². The molecule has 0 bridgehead atoms. The molecule has 0 aromatic heterocycles. The summed E-state index contributed by atoms with van der Waals surface area (Å²) in [5.74, 6) is 0.344. The van der Waals surface area contributed by atoms with Crippen LogP contribution in [0.4, 0.5) is 0 Å². The molecule has 1 aromatic carbocycles. The molecule has 1 atom stereocenters. The number of rotatable bonds is 11. The van der Waals surface area contributed by atoms with Gasteiger partial charge in [-0.1, -0.05) is 72.7 Å². The van der Waals surface area contributed by atoms with Crippen molar-refractivity contribution in [3.8, 4) is 0 Å². The highest BCUT2D eigenvalue weighted by Gasteiger charge is 2.45. The Morgan fingerprint density at radius 2 is 1.35 bits per heavy atom. The lowest BCUT2D eigenvalue weighted by Gasteiger charge is -2.42. The fourth-order valence-electron chi connectivity index (χ4n) is 4.00.